The van der Waals surface area contributed by atoms with Gasteiger partial charge in [0.25, 0.3) is 0 Å². The molecule has 0 radical (unpaired) electrons. The molecular weight excluding hydrogens is 210 g/mol. The molecule has 1 aromatic carbocycles. The normalized spacial score (nSPS) is 9.59. The number of nitrogens with zero attached hydrogens (tertiary/aromatic N) is 2. The molecular formula is C14H13N3. The lowest BCUT2D eigenvalue weighted by Crippen LogP contribution is -2.07. The SMILES string of the molecule is N#Cc1cccnc1NCCc1ccccc1. The Balaban J connectivity index is 1.93. The van der Waals surface area contributed by atoms with Gasteiger partial charge in [0, 0.05) is 12.7 Å². The van der Waals surface area contributed by atoms with Crippen molar-refractivity contribution >= 4 is 5.82 Å². The fourth-order valence-corrected chi connectivity index (χ4v) is 1.61. The third-order valence-electron chi connectivity index (χ3n) is 2.48. The highest BCUT2D eigenvalue weighted by atomic mass is 15.0. The lowest BCUT2D eigenvalue weighted by molar-refractivity contribution is 1.00. The molecule has 2 rings (SSSR count). The lowest BCUT2D eigenvalue weighted by atomic mass is 10.1. The van der Waals surface area contributed by atoms with Gasteiger partial charge in [-0.1, -0.05) is 30.3 Å². The second-order valence-electron chi connectivity index (χ2n) is 3.67. The van der Waals surface area contributed by atoms with E-state index in [0.29, 0.717) is 11.4 Å². The predicted octanol–water partition coefficient (Wildman–Crippen LogP) is 2.61. The maximum absolute atomic E-state index is 8.90. The molecule has 0 saturated carbocycles. The molecule has 84 valence electrons. The maximum atomic E-state index is 8.90. The predicted molar refractivity (Wildman–Crippen MR) is 67.6 cm³/mol. The van der Waals surface area contributed by atoms with Gasteiger partial charge in [-0.2, -0.15) is 5.26 Å². The third-order valence-corrected chi connectivity index (χ3v) is 2.48. The average molecular weight is 223 g/mol. The first-order valence-corrected chi connectivity index (χ1v) is 5.53. The van der Waals surface area contributed by atoms with E-state index in [2.05, 4.69) is 28.5 Å². The molecule has 3 heteroatoms. The lowest BCUT2D eigenvalue weighted by Gasteiger charge is -2.06. The van der Waals surface area contributed by atoms with Crippen LogP contribution in [0, 0.1) is 11.3 Å². The summed E-state index contributed by atoms with van der Waals surface area (Å²) < 4.78 is 0. The quantitative estimate of drug-likeness (QED) is 0.866. The van der Waals surface area contributed by atoms with Crippen molar-refractivity contribution in [1.82, 2.24) is 4.98 Å². The highest BCUT2D eigenvalue weighted by molar-refractivity contribution is 5.51. The molecule has 1 N–H and O–H groups in total. The largest absolute Gasteiger partial charge is 0.369 e. The Morgan fingerprint density at radius 1 is 1.12 bits per heavy atom. The van der Waals surface area contributed by atoms with E-state index in [1.165, 1.54) is 5.56 Å². The molecule has 3 nitrogen and oxygen atoms in total. The molecule has 0 amide bonds. The van der Waals surface area contributed by atoms with Gasteiger partial charge in [0.05, 0.1) is 5.56 Å². The zero-order valence-electron chi connectivity index (χ0n) is 9.43. The molecule has 0 fully saturated rings. The van der Waals surface area contributed by atoms with Crippen LogP contribution >= 0.6 is 0 Å². The Morgan fingerprint density at radius 3 is 2.71 bits per heavy atom. The summed E-state index contributed by atoms with van der Waals surface area (Å²) in [5, 5.41) is 12.1. The molecule has 0 aliphatic rings. The number of aromatic nitrogens is 1. The molecule has 0 unspecified atom stereocenters. The van der Waals surface area contributed by atoms with Crippen LogP contribution in [0.1, 0.15) is 11.1 Å². The fraction of sp³-hybridized carbons (Fsp3) is 0.143. The maximum Gasteiger partial charge on any atom is 0.143 e. The van der Waals surface area contributed by atoms with Gasteiger partial charge in [-0.25, -0.2) is 4.98 Å². The van der Waals surface area contributed by atoms with E-state index in [1.54, 1.807) is 18.3 Å². The van der Waals surface area contributed by atoms with Crippen LogP contribution in [-0.4, -0.2) is 11.5 Å². The van der Waals surface area contributed by atoms with Crippen molar-refractivity contribution in [2.75, 3.05) is 11.9 Å². The van der Waals surface area contributed by atoms with Crippen molar-refractivity contribution in [3.8, 4) is 6.07 Å². The highest BCUT2D eigenvalue weighted by Gasteiger charge is 2.00. The molecule has 0 saturated heterocycles. The minimum absolute atomic E-state index is 0.584. The van der Waals surface area contributed by atoms with Crippen LogP contribution in [0.15, 0.2) is 48.7 Å². The molecule has 17 heavy (non-hydrogen) atoms. The van der Waals surface area contributed by atoms with Gasteiger partial charge in [-0.3, -0.25) is 0 Å². The van der Waals surface area contributed by atoms with Crippen LogP contribution in [0.2, 0.25) is 0 Å². The Hall–Kier alpha value is -2.34. The van der Waals surface area contributed by atoms with Gasteiger partial charge in [0.1, 0.15) is 11.9 Å². The number of hydrogen-bond acceptors (Lipinski definition) is 3. The van der Waals surface area contributed by atoms with Crippen molar-refractivity contribution < 1.29 is 0 Å². The monoisotopic (exact) mass is 223 g/mol. The summed E-state index contributed by atoms with van der Waals surface area (Å²) in [7, 11) is 0. The van der Waals surface area contributed by atoms with Crippen molar-refractivity contribution in [1.29, 1.82) is 5.26 Å². The minimum Gasteiger partial charge on any atom is -0.369 e. The van der Waals surface area contributed by atoms with E-state index in [1.807, 2.05) is 18.2 Å². The summed E-state index contributed by atoms with van der Waals surface area (Å²) in [6, 6.07) is 15.9. The smallest absolute Gasteiger partial charge is 0.143 e. The van der Waals surface area contributed by atoms with Gasteiger partial charge in [0.2, 0.25) is 0 Å². The van der Waals surface area contributed by atoms with Crippen LogP contribution in [0.3, 0.4) is 0 Å². The van der Waals surface area contributed by atoms with Crippen LogP contribution in [0.25, 0.3) is 0 Å². The Bertz CT molecular complexity index is 514. The number of rotatable bonds is 4. The number of hydrogen-bond donors (Lipinski definition) is 1. The van der Waals surface area contributed by atoms with Crippen molar-refractivity contribution in [3.63, 3.8) is 0 Å². The van der Waals surface area contributed by atoms with E-state index >= 15 is 0 Å². The first-order chi connectivity index (χ1) is 8.40. The fourth-order valence-electron chi connectivity index (χ4n) is 1.61. The second-order valence-corrected chi connectivity index (χ2v) is 3.67. The Morgan fingerprint density at radius 2 is 1.94 bits per heavy atom. The number of nitriles is 1. The highest BCUT2D eigenvalue weighted by Crippen LogP contribution is 2.09. The molecule has 0 spiro atoms. The number of pyridine rings is 1. The van der Waals surface area contributed by atoms with Gasteiger partial charge in [-0.05, 0) is 24.1 Å². The molecule has 0 bridgehead atoms. The molecule has 1 aromatic heterocycles. The topological polar surface area (TPSA) is 48.7 Å². The number of nitrogens with one attached hydrogen (secondary N) is 1. The summed E-state index contributed by atoms with van der Waals surface area (Å²) in [6.45, 7) is 0.774. The van der Waals surface area contributed by atoms with E-state index in [0.717, 1.165) is 13.0 Å². The summed E-state index contributed by atoms with van der Waals surface area (Å²) >= 11 is 0. The standard InChI is InChI=1S/C14H13N3/c15-11-13-7-4-9-16-14(13)17-10-8-12-5-2-1-3-6-12/h1-7,9H,8,10H2,(H,16,17). The van der Waals surface area contributed by atoms with E-state index in [4.69, 9.17) is 5.26 Å². The van der Waals surface area contributed by atoms with Gasteiger partial charge in [-0.15, -0.1) is 0 Å². The van der Waals surface area contributed by atoms with Crippen molar-refractivity contribution in [2.45, 2.75) is 6.42 Å². The average Bonchev–Trinajstić information content (AvgIpc) is 2.40. The first-order valence-electron chi connectivity index (χ1n) is 5.53. The summed E-state index contributed by atoms with van der Waals surface area (Å²) in [5.41, 5.74) is 1.86. The third kappa shape index (κ3) is 3.05. The van der Waals surface area contributed by atoms with Crippen LogP contribution in [-0.2, 0) is 6.42 Å². The molecule has 2 aromatic rings. The van der Waals surface area contributed by atoms with Crippen molar-refractivity contribution in [2.24, 2.45) is 0 Å². The van der Waals surface area contributed by atoms with Crippen molar-refractivity contribution in [3.05, 3.63) is 59.8 Å². The first kappa shape index (κ1) is 11.2. The molecule has 1 heterocycles. The summed E-state index contributed by atoms with van der Waals surface area (Å²) in [4.78, 5) is 4.15. The van der Waals surface area contributed by atoms with Gasteiger partial charge < -0.3 is 5.32 Å². The molecule has 0 aliphatic heterocycles. The van der Waals surface area contributed by atoms with Gasteiger partial charge >= 0.3 is 0 Å². The number of anilines is 1. The zero-order chi connectivity index (χ0) is 11.9. The zero-order valence-corrected chi connectivity index (χ0v) is 9.43. The Labute approximate surface area is 101 Å². The summed E-state index contributed by atoms with van der Waals surface area (Å²) in [5.74, 6) is 0.658. The molecule has 0 atom stereocenters. The van der Waals surface area contributed by atoms with E-state index in [-0.39, 0.29) is 0 Å². The van der Waals surface area contributed by atoms with Crippen LogP contribution < -0.4 is 5.32 Å². The minimum atomic E-state index is 0.584. The summed E-state index contributed by atoms with van der Waals surface area (Å²) in [6.07, 6.45) is 2.61. The van der Waals surface area contributed by atoms with E-state index in [9.17, 15) is 0 Å². The number of benzene rings is 1. The van der Waals surface area contributed by atoms with Gasteiger partial charge in [0.15, 0.2) is 0 Å². The van der Waals surface area contributed by atoms with Crippen LogP contribution in [0.5, 0.6) is 0 Å². The second kappa shape index (κ2) is 5.66. The van der Waals surface area contributed by atoms with E-state index < -0.39 is 0 Å². The Kier molecular flexibility index (Phi) is 3.72. The molecule has 0 aliphatic carbocycles. The van der Waals surface area contributed by atoms with Crippen LogP contribution in [0.4, 0.5) is 5.82 Å².